The number of rotatable bonds is 6. The van der Waals surface area contributed by atoms with Crippen molar-refractivity contribution in [1.29, 1.82) is 0 Å². The molecule has 1 fully saturated rings. The van der Waals surface area contributed by atoms with E-state index in [1.807, 2.05) is 47.3 Å². The lowest BCUT2D eigenvalue weighted by molar-refractivity contribution is -0.139. The van der Waals surface area contributed by atoms with Gasteiger partial charge in [0, 0.05) is 35.9 Å². The first-order chi connectivity index (χ1) is 14.1. The molecule has 0 aliphatic carbocycles. The Morgan fingerprint density at radius 2 is 1.93 bits per heavy atom. The van der Waals surface area contributed by atoms with E-state index in [0.29, 0.717) is 25.1 Å². The van der Waals surface area contributed by atoms with Crippen LogP contribution in [-0.4, -0.2) is 37.8 Å². The predicted molar refractivity (Wildman–Crippen MR) is 119 cm³/mol. The van der Waals surface area contributed by atoms with Crippen molar-refractivity contribution in [2.45, 2.75) is 25.9 Å². The molecule has 6 nitrogen and oxygen atoms in total. The van der Waals surface area contributed by atoms with Gasteiger partial charge in [0.1, 0.15) is 5.76 Å². The average Bonchev–Trinajstić information content (AvgIpc) is 3.46. The summed E-state index contributed by atoms with van der Waals surface area (Å²) in [7, 11) is 0. The normalized spacial score (nSPS) is 17.9. The van der Waals surface area contributed by atoms with E-state index >= 15 is 0 Å². The summed E-state index contributed by atoms with van der Waals surface area (Å²) in [4.78, 5) is 32.2. The molecule has 4 rings (SSSR count). The van der Waals surface area contributed by atoms with Gasteiger partial charge in [0.05, 0.1) is 17.9 Å². The van der Waals surface area contributed by atoms with Crippen molar-refractivity contribution in [1.82, 2.24) is 14.5 Å². The predicted octanol–water partition coefficient (Wildman–Crippen LogP) is 4.19. The van der Waals surface area contributed by atoms with E-state index in [1.54, 1.807) is 29.6 Å². The number of ketones is 1. The second-order valence-electron chi connectivity index (χ2n) is 7.03. The highest BCUT2D eigenvalue weighted by Crippen LogP contribution is 2.41. The summed E-state index contributed by atoms with van der Waals surface area (Å²) in [5.74, 6) is -1.33. The maximum atomic E-state index is 12.9. The lowest BCUT2D eigenvalue weighted by Gasteiger charge is -2.24. The van der Waals surface area contributed by atoms with Crippen molar-refractivity contribution >= 4 is 41.2 Å². The van der Waals surface area contributed by atoms with Crippen molar-refractivity contribution in [3.8, 4) is 0 Å². The van der Waals surface area contributed by atoms with Gasteiger partial charge in [0.15, 0.2) is 0 Å². The van der Waals surface area contributed by atoms with Crippen LogP contribution in [0.2, 0.25) is 0 Å². The number of amides is 1. The first-order valence-electron chi connectivity index (χ1n) is 9.41. The number of aliphatic hydroxyl groups excluding tert-OH is 1. The van der Waals surface area contributed by atoms with Crippen LogP contribution in [0.15, 0.2) is 66.1 Å². The van der Waals surface area contributed by atoms with Crippen LogP contribution in [0.3, 0.4) is 0 Å². The lowest BCUT2D eigenvalue weighted by Crippen LogP contribution is -2.31. The number of benzene rings is 1. The summed E-state index contributed by atoms with van der Waals surface area (Å²) in [5.41, 5.74) is 1.74. The summed E-state index contributed by atoms with van der Waals surface area (Å²) in [6, 6.07) is 10.5. The molecule has 0 spiro atoms. The smallest absolute Gasteiger partial charge is 0.295 e. The molecule has 1 saturated heterocycles. The molecule has 1 N–H and O–H groups in total. The van der Waals surface area contributed by atoms with Gasteiger partial charge in [-0.2, -0.15) is 0 Å². The van der Waals surface area contributed by atoms with Gasteiger partial charge in [-0.1, -0.05) is 35.9 Å². The number of imidazole rings is 1. The molecule has 3 heterocycles. The van der Waals surface area contributed by atoms with Crippen LogP contribution < -0.4 is 0 Å². The Labute approximate surface area is 184 Å². The molecule has 0 bridgehead atoms. The van der Waals surface area contributed by atoms with E-state index in [4.69, 9.17) is 0 Å². The summed E-state index contributed by atoms with van der Waals surface area (Å²) in [5, 5.41) is 12.8. The molecule has 156 valence electrons. The zero-order valence-corrected chi connectivity index (χ0v) is 18.0. The molecule has 0 radical (unpaired) electrons. The highest BCUT2D eigenvalue weighted by Gasteiger charge is 2.46. The first-order valence-corrected chi connectivity index (χ1v) is 10.3. The molecular weight excluding hydrogens is 422 g/mol. The van der Waals surface area contributed by atoms with E-state index in [0.717, 1.165) is 10.4 Å². The second kappa shape index (κ2) is 9.28. The van der Waals surface area contributed by atoms with E-state index in [9.17, 15) is 14.7 Å². The first kappa shape index (κ1) is 21.8. The molecule has 2 aromatic heterocycles. The molecule has 1 amide bonds. The highest BCUT2D eigenvalue weighted by molar-refractivity contribution is 7.10. The van der Waals surface area contributed by atoms with Crippen LogP contribution in [0.25, 0.3) is 5.76 Å². The number of halogens is 1. The SMILES string of the molecule is Cc1ccc(C(O)=C2C(=O)C(=O)N(CCCn3ccnc3)C2c2cccs2)cc1.Cl. The molecule has 1 atom stereocenters. The Hall–Kier alpha value is -2.90. The molecule has 3 aromatic rings. The number of carbonyl (C=O) groups excluding carboxylic acids is 2. The van der Waals surface area contributed by atoms with Gasteiger partial charge in [-0.15, -0.1) is 23.7 Å². The second-order valence-corrected chi connectivity index (χ2v) is 8.01. The van der Waals surface area contributed by atoms with Gasteiger partial charge in [0.2, 0.25) is 0 Å². The van der Waals surface area contributed by atoms with Crippen molar-refractivity contribution in [3.05, 3.63) is 82.1 Å². The third kappa shape index (κ3) is 4.17. The number of hydrogen-bond donors (Lipinski definition) is 1. The molecular formula is C22H22ClN3O3S. The number of aryl methyl sites for hydroxylation is 2. The number of likely N-dealkylation sites (tertiary alicyclic amines) is 1. The zero-order valence-electron chi connectivity index (χ0n) is 16.4. The molecule has 1 aliphatic heterocycles. The van der Waals surface area contributed by atoms with E-state index in [2.05, 4.69) is 4.98 Å². The number of aliphatic hydroxyl groups is 1. The minimum Gasteiger partial charge on any atom is -0.507 e. The third-order valence-corrected chi connectivity index (χ3v) is 5.98. The quantitative estimate of drug-likeness (QED) is 0.352. The molecule has 1 aromatic carbocycles. The Bertz CT molecular complexity index is 1040. The molecule has 0 saturated carbocycles. The van der Waals surface area contributed by atoms with Gasteiger partial charge >= 0.3 is 0 Å². The van der Waals surface area contributed by atoms with Crippen LogP contribution in [0, 0.1) is 6.92 Å². The van der Waals surface area contributed by atoms with Crippen LogP contribution in [0.1, 0.15) is 28.5 Å². The van der Waals surface area contributed by atoms with Crippen molar-refractivity contribution in [3.63, 3.8) is 0 Å². The fourth-order valence-corrected chi connectivity index (χ4v) is 4.41. The van der Waals surface area contributed by atoms with Crippen LogP contribution in [0.4, 0.5) is 0 Å². The third-order valence-electron chi connectivity index (χ3n) is 5.05. The number of hydrogen-bond acceptors (Lipinski definition) is 5. The largest absolute Gasteiger partial charge is 0.507 e. The van der Waals surface area contributed by atoms with Crippen molar-refractivity contribution < 1.29 is 14.7 Å². The maximum absolute atomic E-state index is 12.9. The van der Waals surface area contributed by atoms with Gasteiger partial charge in [-0.25, -0.2) is 4.98 Å². The fourth-order valence-electron chi connectivity index (χ4n) is 3.56. The summed E-state index contributed by atoms with van der Waals surface area (Å²) >= 11 is 1.47. The van der Waals surface area contributed by atoms with Crippen molar-refractivity contribution in [2.24, 2.45) is 0 Å². The summed E-state index contributed by atoms with van der Waals surface area (Å²) in [6.07, 6.45) is 5.97. The molecule has 1 aliphatic rings. The Morgan fingerprint density at radius 1 is 1.17 bits per heavy atom. The Kier molecular flexibility index (Phi) is 6.74. The van der Waals surface area contributed by atoms with Crippen LogP contribution >= 0.6 is 23.7 Å². The van der Waals surface area contributed by atoms with Gasteiger partial charge in [0.25, 0.3) is 11.7 Å². The van der Waals surface area contributed by atoms with E-state index < -0.39 is 17.7 Å². The number of thiophene rings is 1. The average molecular weight is 444 g/mol. The van der Waals surface area contributed by atoms with Crippen LogP contribution in [-0.2, 0) is 16.1 Å². The Morgan fingerprint density at radius 3 is 2.57 bits per heavy atom. The number of carbonyl (C=O) groups is 2. The van der Waals surface area contributed by atoms with Gasteiger partial charge < -0.3 is 14.6 Å². The van der Waals surface area contributed by atoms with E-state index in [-0.39, 0.29) is 23.7 Å². The number of aromatic nitrogens is 2. The minimum atomic E-state index is -0.635. The fraction of sp³-hybridized carbons (Fsp3) is 0.227. The summed E-state index contributed by atoms with van der Waals surface area (Å²) < 4.78 is 1.93. The monoisotopic (exact) mass is 443 g/mol. The zero-order chi connectivity index (χ0) is 20.4. The van der Waals surface area contributed by atoms with Crippen molar-refractivity contribution in [2.75, 3.05) is 6.54 Å². The molecule has 30 heavy (non-hydrogen) atoms. The number of nitrogens with zero attached hydrogens (tertiary/aromatic N) is 3. The highest BCUT2D eigenvalue weighted by atomic mass is 35.5. The minimum absolute atomic E-state index is 0. The molecule has 8 heteroatoms. The standard InChI is InChI=1S/C22H21N3O3S.ClH/c1-15-5-7-16(8-6-15)20(26)18-19(17-4-2-13-29-17)25(22(28)21(18)27)11-3-10-24-12-9-23-14-24;/h2,4-9,12-14,19,26H,3,10-11H2,1H3;1H. The maximum Gasteiger partial charge on any atom is 0.295 e. The van der Waals surface area contributed by atoms with Crippen LogP contribution in [0.5, 0.6) is 0 Å². The lowest BCUT2D eigenvalue weighted by atomic mass is 9.99. The molecule has 1 unspecified atom stereocenters. The van der Waals surface area contributed by atoms with Gasteiger partial charge in [-0.3, -0.25) is 9.59 Å². The Balaban J connectivity index is 0.00000256. The van der Waals surface area contributed by atoms with E-state index in [1.165, 1.54) is 11.3 Å². The van der Waals surface area contributed by atoms with Gasteiger partial charge in [-0.05, 0) is 24.8 Å². The summed E-state index contributed by atoms with van der Waals surface area (Å²) in [6.45, 7) is 3.06. The topological polar surface area (TPSA) is 75.4 Å². The number of Topliss-reactive ketones (excluding diaryl/α,β-unsaturated/α-hetero) is 1.